The van der Waals surface area contributed by atoms with Gasteiger partial charge in [0, 0.05) is 5.69 Å². The molecule has 2 N–H and O–H groups in total. The summed E-state index contributed by atoms with van der Waals surface area (Å²) in [6.45, 7) is 0. The molecular formula is C15H11F2NO3. The van der Waals surface area contributed by atoms with Gasteiger partial charge in [0.1, 0.15) is 17.2 Å². The zero-order valence-corrected chi connectivity index (χ0v) is 10.8. The highest BCUT2D eigenvalue weighted by Gasteiger charge is 2.17. The van der Waals surface area contributed by atoms with E-state index in [1.165, 1.54) is 12.1 Å². The number of hydrogen-bond donors (Lipinski definition) is 2. The van der Waals surface area contributed by atoms with Crippen LogP contribution in [0, 0.1) is 11.6 Å². The van der Waals surface area contributed by atoms with Crippen LogP contribution in [0.3, 0.4) is 0 Å². The zero-order valence-electron chi connectivity index (χ0n) is 10.8. The number of carboxylic acid groups (broad SMARTS) is 1. The van der Waals surface area contributed by atoms with Crippen molar-refractivity contribution in [1.29, 1.82) is 0 Å². The lowest BCUT2D eigenvalue weighted by Gasteiger charge is -2.08. The molecule has 0 aliphatic heterocycles. The summed E-state index contributed by atoms with van der Waals surface area (Å²) in [7, 11) is 0. The van der Waals surface area contributed by atoms with Gasteiger partial charge < -0.3 is 10.4 Å². The minimum absolute atomic E-state index is 0.211. The van der Waals surface area contributed by atoms with Crippen LogP contribution in [0.5, 0.6) is 0 Å². The molecule has 0 radical (unpaired) electrons. The number of carbonyl (C=O) groups excluding carboxylic acids is 1. The SMILES string of the molecule is O=C(O)Cc1cccc(NC(=O)c2c(F)cccc2F)c1. The van der Waals surface area contributed by atoms with Crippen molar-refractivity contribution in [1.82, 2.24) is 0 Å². The molecule has 0 heterocycles. The van der Waals surface area contributed by atoms with Crippen molar-refractivity contribution in [3.8, 4) is 0 Å². The fraction of sp³-hybridized carbons (Fsp3) is 0.0667. The predicted molar refractivity (Wildman–Crippen MR) is 72.1 cm³/mol. The highest BCUT2D eigenvalue weighted by atomic mass is 19.1. The maximum Gasteiger partial charge on any atom is 0.307 e. The first kappa shape index (κ1) is 14.6. The summed E-state index contributed by atoms with van der Waals surface area (Å²) in [4.78, 5) is 22.5. The number of rotatable bonds is 4. The Bertz CT molecular complexity index is 681. The molecule has 2 rings (SSSR count). The fourth-order valence-corrected chi connectivity index (χ4v) is 1.84. The second-order valence-electron chi connectivity index (χ2n) is 4.32. The first-order chi connectivity index (χ1) is 9.97. The van der Waals surface area contributed by atoms with Crippen molar-refractivity contribution >= 4 is 17.6 Å². The maximum absolute atomic E-state index is 13.5. The molecule has 21 heavy (non-hydrogen) atoms. The Morgan fingerprint density at radius 2 is 1.67 bits per heavy atom. The number of hydrogen-bond acceptors (Lipinski definition) is 2. The molecule has 0 atom stereocenters. The average Bonchev–Trinajstić information content (AvgIpc) is 2.37. The van der Waals surface area contributed by atoms with E-state index in [1.54, 1.807) is 12.1 Å². The van der Waals surface area contributed by atoms with Gasteiger partial charge in [-0.2, -0.15) is 0 Å². The van der Waals surface area contributed by atoms with Crippen LogP contribution in [0.1, 0.15) is 15.9 Å². The van der Waals surface area contributed by atoms with Gasteiger partial charge in [0.15, 0.2) is 0 Å². The molecule has 0 fully saturated rings. The highest BCUT2D eigenvalue weighted by molar-refractivity contribution is 6.04. The fourth-order valence-electron chi connectivity index (χ4n) is 1.84. The van der Waals surface area contributed by atoms with Crippen molar-refractivity contribution in [2.45, 2.75) is 6.42 Å². The molecule has 0 bridgehead atoms. The molecule has 0 saturated heterocycles. The number of carbonyl (C=O) groups is 2. The minimum atomic E-state index is -1.02. The predicted octanol–water partition coefficient (Wildman–Crippen LogP) is 2.84. The Morgan fingerprint density at radius 3 is 2.29 bits per heavy atom. The molecule has 0 spiro atoms. The lowest BCUT2D eigenvalue weighted by Crippen LogP contribution is -2.16. The van der Waals surface area contributed by atoms with Gasteiger partial charge in [0.05, 0.1) is 6.42 Å². The Morgan fingerprint density at radius 1 is 1.05 bits per heavy atom. The van der Waals surface area contributed by atoms with E-state index in [0.717, 1.165) is 18.2 Å². The largest absolute Gasteiger partial charge is 0.481 e. The van der Waals surface area contributed by atoms with Crippen LogP contribution in [0.2, 0.25) is 0 Å². The van der Waals surface area contributed by atoms with E-state index < -0.39 is 29.1 Å². The molecule has 2 aromatic carbocycles. The second kappa shape index (κ2) is 6.13. The third-order valence-electron chi connectivity index (χ3n) is 2.73. The summed E-state index contributed by atoms with van der Waals surface area (Å²) in [5.41, 5.74) is 0.0526. The van der Waals surface area contributed by atoms with Crippen molar-refractivity contribution in [3.05, 3.63) is 65.2 Å². The van der Waals surface area contributed by atoms with Gasteiger partial charge in [-0.25, -0.2) is 8.78 Å². The molecule has 0 unspecified atom stereocenters. The number of anilines is 1. The smallest absolute Gasteiger partial charge is 0.307 e. The number of halogens is 2. The standard InChI is InChI=1S/C15H11F2NO3/c16-11-5-2-6-12(17)14(11)15(21)18-10-4-1-3-9(7-10)8-13(19)20/h1-7H,8H2,(H,18,21)(H,19,20). The molecule has 0 aromatic heterocycles. The number of carboxylic acids is 1. The van der Waals surface area contributed by atoms with Crippen molar-refractivity contribution < 1.29 is 23.5 Å². The number of aliphatic carboxylic acids is 1. The lowest BCUT2D eigenvalue weighted by molar-refractivity contribution is -0.136. The molecule has 1 amide bonds. The molecule has 108 valence electrons. The quantitative estimate of drug-likeness (QED) is 0.910. The molecule has 2 aromatic rings. The Kier molecular flexibility index (Phi) is 4.27. The molecular weight excluding hydrogens is 280 g/mol. The first-order valence-corrected chi connectivity index (χ1v) is 6.03. The van der Waals surface area contributed by atoms with Crippen LogP contribution in [0.4, 0.5) is 14.5 Å². The first-order valence-electron chi connectivity index (χ1n) is 6.03. The van der Waals surface area contributed by atoms with Crippen LogP contribution in [0.15, 0.2) is 42.5 Å². The van der Waals surface area contributed by atoms with Gasteiger partial charge in [-0.05, 0) is 29.8 Å². The Balaban J connectivity index is 2.22. The Labute approximate surface area is 119 Å². The monoisotopic (exact) mass is 291 g/mol. The van der Waals surface area contributed by atoms with Gasteiger partial charge in [-0.15, -0.1) is 0 Å². The average molecular weight is 291 g/mol. The van der Waals surface area contributed by atoms with Crippen LogP contribution in [0.25, 0.3) is 0 Å². The summed E-state index contributed by atoms with van der Waals surface area (Å²) in [5, 5.41) is 11.0. The summed E-state index contributed by atoms with van der Waals surface area (Å²) < 4.78 is 27.0. The summed E-state index contributed by atoms with van der Waals surface area (Å²) in [6, 6.07) is 9.19. The second-order valence-corrected chi connectivity index (χ2v) is 4.32. The summed E-state index contributed by atoms with van der Waals surface area (Å²) in [6.07, 6.45) is -0.211. The number of benzene rings is 2. The van der Waals surface area contributed by atoms with Crippen LogP contribution >= 0.6 is 0 Å². The van der Waals surface area contributed by atoms with E-state index >= 15 is 0 Å². The maximum atomic E-state index is 13.5. The van der Waals surface area contributed by atoms with E-state index in [2.05, 4.69) is 5.32 Å². The summed E-state index contributed by atoms with van der Waals surface area (Å²) in [5.74, 6) is -3.87. The number of amides is 1. The topological polar surface area (TPSA) is 66.4 Å². The minimum Gasteiger partial charge on any atom is -0.481 e. The van der Waals surface area contributed by atoms with Gasteiger partial charge in [-0.1, -0.05) is 18.2 Å². The van der Waals surface area contributed by atoms with Crippen LogP contribution < -0.4 is 5.32 Å². The molecule has 0 saturated carbocycles. The van der Waals surface area contributed by atoms with E-state index in [0.29, 0.717) is 5.56 Å². The lowest BCUT2D eigenvalue weighted by atomic mass is 10.1. The van der Waals surface area contributed by atoms with Gasteiger partial charge in [-0.3, -0.25) is 9.59 Å². The van der Waals surface area contributed by atoms with E-state index in [1.807, 2.05) is 0 Å². The van der Waals surface area contributed by atoms with E-state index in [9.17, 15) is 18.4 Å². The van der Waals surface area contributed by atoms with Gasteiger partial charge in [0.2, 0.25) is 0 Å². The summed E-state index contributed by atoms with van der Waals surface area (Å²) >= 11 is 0. The van der Waals surface area contributed by atoms with E-state index in [-0.39, 0.29) is 12.1 Å². The van der Waals surface area contributed by atoms with Gasteiger partial charge in [0.25, 0.3) is 5.91 Å². The normalized spacial score (nSPS) is 10.2. The number of nitrogens with one attached hydrogen (secondary N) is 1. The molecule has 4 nitrogen and oxygen atoms in total. The third-order valence-corrected chi connectivity index (χ3v) is 2.73. The third kappa shape index (κ3) is 3.62. The van der Waals surface area contributed by atoms with Crippen LogP contribution in [-0.2, 0) is 11.2 Å². The zero-order chi connectivity index (χ0) is 15.4. The van der Waals surface area contributed by atoms with Crippen molar-refractivity contribution in [3.63, 3.8) is 0 Å². The van der Waals surface area contributed by atoms with Crippen molar-refractivity contribution in [2.75, 3.05) is 5.32 Å². The van der Waals surface area contributed by atoms with Crippen molar-refractivity contribution in [2.24, 2.45) is 0 Å². The molecule has 0 aliphatic carbocycles. The van der Waals surface area contributed by atoms with Crippen LogP contribution in [-0.4, -0.2) is 17.0 Å². The molecule has 6 heteroatoms. The Hall–Kier alpha value is -2.76. The molecule has 0 aliphatic rings. The highest BCUT2D eigenvalue weighted by Crippen LogP contribution is 2.16. The van der Waals surface area contributed by atoms with E-state index in [4.69, 9.17) is 5.11 Å². The van der Waals surface area contributed by atoms with Gasteiger partial charge >= 0.3 is 5.97 Å².